The van der Waals surface area contributed by atoms with Gasteiger partial charge in [0.15, 0.2) is 0 Å². The van der Waals surface area contributed by atoms with E-state index in [2.05, 4.69) is 30.4 Å². The zero-order chi connectivity index (χ0) is 23.8. The van der Waals surface area contributed by atoms with E-state index in [1.807, 2.05) is 17.9 Å². The molecule has 1 aromatic heterocycles. The summed E-state index contributed by atoms with van der Waals surface area (Å²) in [6, 6.07) is 13.5. The minimum absolute atomic E-state index is 0.0439. The molecule has 176 valence electrons. The van der Waals surface area contributed by atoms with Gasteiger partial charge in [-0.1, -0.05) is 47.5 Å². The molecule has 1 saturated heterocycles. The van der Waals surface area contributed by atoms with Gasteiger partial charge in [0.25, 0.3) is 11.8 Å². The molecule has 2 amide bonds. The summed E-state index contributed by atoms with van der Waals surface area (Å²) >= 11 is 7.85. The van der Waals surface area contributed by atoms with Crippen molar-refractivity contribution in [3.8, 4) is 10.4 Å². The molecule has 2 fully saturated rings. The molecule has 1 atom stereocenters. The van der Waals surface area contributed by atoms with Crippen LogP contribution in [-0.2, 0) is 0 Å². The number of piperidine rings is 1. The number of benzene rings is 2. The lowest BCUT2D eigenvalue weighted by Gasteiger charge is -2.33. The summed E-state index contributed by atoms with van der Waals surface area (Å²) in [6.07, 6.45) is 3.97. The van der Waals surface area contributed by atoms with Crippen LogP contribution in [0.4, 0.5) is 0 Å². The van der Waals surface area contributed by atoms with Crippen LogP contribution < -0.4 is 5.32 Å². The Morgan fingerprint density at radius 2 is 1.91 bits per heavy atom. The van der Waals surface area contributed by atoms with E-state index in [4.69, 9.17) is 16.6 Å². The van der Waals surface area contributed by atoms with Crippen LogP contribution in [0.15, 0.2) is 42.5 Å². The maximum absolute atomic E-state index is 13.7. The molecule has 0 radical (unpaired) electrons. The fourth-order valence-electron chi connectivity index (χ4n) is 4.51. The van der Waals surface area contributed by atoms with E-state index in [1.54, 1.807) is 29.5 Å². The number of amides is 2. The Kier molecular flexibility index (Phi) is 6.45. The summed E-state index contributed by atoms with van der Waals surface area (Å²) < 4.78 is 0. The largest absolute Gasteiger partial charge is 0.348 e. The van der Waals surface area contributed by atoms with Crippen molar-refractivity contribution in [3.05, 3.63) is 74.9 Å². The van der Waals surface area contributed by atoms with Crippen LogP contribution in [0.25, 0.3) is 10.4 Å². The number of rotatable bonds is 5. The molecule has 2 aliphatic rings. The standard InChI is InChI=1S/C27H28ClN3O2S/c1-16-6-3-7-19(14-16)24-23(30-26(34-24)18-11-12-18)27(33)31-13-5-8-20(15-31)29-25(32)21-9-4-10-22(28)17(21)2/h3-4,6-7,9-10,14,18,20H,5,8,11-13,15H2,1-2H3,(H,29,32). The Balaban J connectivity index is 1.36. The summed E-state index contributed by atoms with van der Waals surface area (Å²) in [7, 11) is 0. The predicted octanol–water partition coefficient (Wildman–Crippen LogP) is 5.99. The summed E-state index contributed by atoms with van der Waals surface area (Å²) in [6.45, 7) is 5.06. The highest BCUT2D eigenvalue weighted by atomic mass is 35.5. The number of aromatic nitrogens is 1. The Labute approximate surface area is 209 Å². The molecule has 1 aliphatic heterocycles. The Bertz CT molecular complexity index is 1250. The first kappa shape index (κ1) is 23.1. The number of nitrogens with one attached hydrogen (secondary N) is 1. The van der Waals surface area contributed by atoms with E-state index in [0.29, 0.717) is 35.3 Å². The molecule has 1 aliphatic carbocycles. The zero-order valence-electron chi connectivity index (χ0n) is 19.4. The molecule has 0 bridgehead atoms. The van der Waals surface area contributed by atoms with Crippen LogP contribution in [0.2, 0.25) is 5.02 Å². The van der Waals surface area contributed by atoms with Crippen molar-refractivity contribution in [2.45, 2.75) is 51.5 Å². The van der Waals surface area contributed by atoms with E-state index in [1.165, 1.54) is 0 Å². The van der Waals surface area contributed by atoms with Gasteiger partial charge in [0, 0.05) is 35.6 Å². The third-order valence-corrected chi connectivity index (χ3v) is 8.29. The first-order valence-electron chi connectivity index (χ1n) is 11.8. The summed E-state index contributed by atoms with van der Waals surface area (Å²) in [5.41, 5.74) is 4.10. The van der Waals surface area contributed by atoms with Crippen LogP contribution in [0.3, 0.4) is 0 Å². The number of halogens is 1. The molecule has 1 saturated carbocycles. The lowest BCUT2D eigenvalue weighted by molar-refractivity contribution is 0.0671. The van der Waals surface area contributed by atoms with Crippen molar-refractivity contribution in [3.63, 3.8) is 0 Å². The zero-order valence-corrected chi connectivity index (χ0v) is 21.0. The normalized spacial score (nSPS) is 18.1. The third-order valence-electron chi connectivity index (χ3n) is 6.61. The quantitative estimate of drug-likeness (QED) is 0.474. The Morgan fingerprint density at radius 1 is 1.12 bits per heavy atom. The number of likely N-dealkylation sites (tertiary alicyclic amines) is 1. The summed E-state index contributed by atoms with van der Waals surface area (Å²) in [5.74, 6) is 0.298. The molecule has 5 rings (SSSR count). The Hall–Kier alpha value is -2.70. The van der Waals surface area contributed by atoms with Gasteiger partial charge in [0.05, 0.1) is 9.88 Å². The Morgan fingerprint density at radius 3 is 2.68 bits per heavy atom. The minimum atomic E-state index is -0.149. The van der Waals surface area contributed by atoms with Gasteiger partial charge in [-0.2, -0.15) is 0 Å². The average Bonchev–Trinajstić information content (AvgIpc) is 3.58. The van der Waals surface area contributed by atoms with Gasteiger partial charge in [-0.05, 0) is 62.8 Å². The number of thiazole rings is 1. The number of hydrogen-bond donors (Lipinski definition) is 1. The van der Waals surface area contributed by atoms with Crippen LogP contribution in [0, 0.1) is 13.8 Å². The second kappa shape index (κ2) is 9.51. The van der Waals surface area contributed by atoms with Crippen molar-refractivity contribution in [1.29, 1.82) is 0 Å². The molecular weight excluding hydrogens is 466 g/mol. The topological polar surface area (TPSA) is 62.3 Å². The van der Waals surface area contributed by atoms with E-state index < -0.39 is 0 Å². The highest BCUT2D eigenvalue weighted by Gasteiger charge is 2.33. The van der Waals surface area contributed by atoms with Crippen molar-refractivity contribution in [2.75, 3.05) is 13.1 Å². The molecule has 0 spiro atoms. The number of nitrogens with zero attached hydrogens (tertiary/aromatic N) is 2. The van der Waals surface area contributed by atoms with Crippen LogP contribution >= 0.6 is 22.9 Å². The van der Waals surface area contributed by atoms with Crippen molar-refractivity contribution in [2.24, 2.45) is 0 Å². The van der Waals surface area contributed by atoms with Gasteiger partial charge in [-0.15, -0.1) is 11.3 Å². The molecule has 2 aromatic carbocycles. The summed E-state index contributed by atoms with van der Waals surface area (Å²) in [4.78, 5) is 34.2. The van der Waals surface area contributed by atoms with Crippen molar-refractivity contribution < 1.29 is 9.59 Å². The number of aryl methyl sites for hydroxylation is 1. The van der Waals surface area contributed by atoms with Crippen LogP contribution in [-0.4, -0.2) is 40.8 Å². The summed E-state index contributed by atoms with van der Waals surface area (Å²) in [5, 5.41) is 4.76. The first-order chi connectivity index (χ1) is 16.4. The molecule has 5 nitrogen and oxygen atoms in total. The third kappa shape index (κ3) is 4.75. The van der Waals surface area contributed by atoms with Gasteiger partial charge >= 0.3 is 0 Å². The molecule has 34 heavy (non-hydrogen) atoms. The molecular formula is C27H28ClN3O2S. The molecule has 2 heterocycles. The number of carbonyl (C=O) groups excluding carboxylic acids is 2. The molecule has 3 aromatic rings. The molecule has 7 heteroatoms. The number of hydrogen-bond acceptors (Lipinski definition) is 4. The van der Waals surface area contributed by atoms with Gasteiger partial charge in [-0.25, -0.2) is 4.98 Å². The van der Waals surface area contributed by atoms with E-state index in [0.717, 1.165) is 52.3 Å². The second-order valence-corrected chi connectivity index (χ2v) is 10.8. The van der Waals surface area contributed by atoms with E-state index in [-0.39, 0.29) is 17.9 Å². The fourth-order valence-corrected chi connectivity index (χ4v) is 5.91. The SMILES string of the molecule is Cc1cccc(-c2sc(C3CC3)nc2C(=O)N2CCCC(NC(=O)c3cccc(Cl)c3C)C2)c1. The van der Waals surface area contributed by atoms with Crippen molar-refractivity contribution in [1.82, 2.24) is 15.2 Å². The van der Waals surface area contributed by atoms with E-state index >= 15 is 0 Å². The molecule has 1 N–H and O–H groups in total. The first-order valence-corrected chi connectivity index (χ1v) is 13.0. The highest BCUT2D eigenvalue weighted by molar-refractivity contribution is 7.15. The maximum Gasteiger partial charge on any atom is 0.274 e. The monoisotopic (exact) mass is 493 g/mol. The van der Waals surface area contributed by atoms with Gasteiger partial charge in [-0.3, -0.25) is 9.59 Å². The lowest BCUT2D eigenvalue weighted by atomic mass is 10.0. The van der Waals surface area contributed by atoms with Gasteiger partial charge < -0.3 is 10.2 Å². The smallest absolute Gasteiger partial charge is 0.274 e. The minimum Gasteiger partial charge on any atom is -0.348 e. The van der Waals surface area contributed by atoms with E-state index in [9.17, 15) is 9.59 Å². The lowest BCUT2D eigenvalue weighted by Crippen LogP contribution is -2.49. The predicted molar refractivity (Wildman–Crippen MR) is 137 cm³/mol. The van der Waals surface area contributed by atoms with Crippen molar-refractivity contribution >= 4 is 34.8 Å². The van der Waals surface area contributed by atoms with Gasteiger partial charge in [0.1, 0.15) is 5.69 Å². The fraction of sp³-hybridized carbons (Fsp3) is 0.370. The van der Waals surface area contributed by atoms with Gasteiger partial charge in [0.2, 0.25) is 0 Å². The molecule has 1 unspecified atom stereocenters. The maximum atomic E-state index is 13.7. The van der Waals surface area contributed by atoms with Crippen LogP contribution in [0.1, 0.15) is 68.6 Å². The highest BCUT2D eigenvalue weighted by Crippen LogP contribution is 2.45. The average molecular weight is 494 g/mol. The second-order valence-electron chi connectivity index (χ2n) is 9.35. The number of carbonyl (C=O) groups is 2. The van der Waals surface area contributed by atoms with Crippen LogP contribution in [0.5, 0.6) is 0 Å².